The second kappa shape index (κ2) is 6.84. The number of aromatic nitrogens is 1. The Kier molecular flexibility index (Phi) is 5.29. The van der Waals surface area contributed by atoms with Crippen molar-refractivity contribution in [1.82, 2.24) is 10.3 Å². The molecule has 0 radical (unpaired) electrons. The summed E-state index contributed by atoms with van der Waals surface area (Å²) in [6.07, 6.45) is 2.49. The van der Waals surface area contributed by atoms with Crippen LogP contribution in [0, 0.1) is 0 Å². The first-order valence-electron chi connectivity index (χ1n) is 7.57. The Bertz CT molecular complexity index is 539. The number of carbonyl (C=O) groups is 1. The first kappa shape index (κ1) is 17.0. The Morgan fingerprint density at radius 1 is 1.55 bits per heavy atom. The predicted octanol–water partition coefficient (Wildman–Crippen LogP) is 2.75. The molecular weight excluding hydrogens is 304 g/mol. The van der Waals surface area contributed by atoms with Crippen molar-refractivity contribution >= 4 is 17.6 Å². The molecule has 1 N–H and O–H groups in total. The summed E-state index contributed by atoms with van der Waals surface area (Å²) in [7, 11) is 0. The van der Waals surface area contributed by atoms with Crippen molar-refractivity contribution in [1.29, 1.82) is 0 Å². The molecule has 5 nitrogen and oxygen atoms in total. The van der Waals surface area contributed by atoms with E-state index < -0.39 is 11.7 Å². The molecule has 0 saturated carbocycles. The average Bonchev–Trinajstić information content (AvgIpc) is 2.36. The number of aryl methyl sites for hydroxylation is 1. The van der Waals surface area contributed by atoms with Crippen LogP contribution >= 0.6 is 11.6 Å². The van der Waals surface area contributed by atoms with Gasteiger partial charge in [0.15, 0.2) is 0 Å². The van der Waals surface area contributed by atoms with E-state index in [1.54, 1.807) is 0 Å². The molecule has 1 aliphatic rings. The SMILES string of the molecule is CCc1cc(OC(C(=O)OC(C)(C)C)[C@@H]2CCN2)cnc1Cl. The minimum atomic E-state index is -0.680. The van der Waals surface area contributed by atoms with Gasteiger partial charge >= 0.3 is 5.97 Å². The van der Waals surface area contributed by atoms with Crippen molar-refractivity contribution < 1.29 is 14.3 Å². The minimum Gasteiger partial charge on any atom is -0.475 e. The Hall–Kier alpha value is -1.33. The van der Waals surface area contributed by atoms with Gasteiger partial charge in [-0.15, -0.1) is 0 Å². The number of rotatable bonds is 5. The standard InChI is InChI=1S/C16H23ClN2O3/c1-5-10-8-11(9-19-14(10)17)21-13(12-6-7-18-12)15(20)22-16(2,3)4/h8-9,12-13,18H,5-7H2,1-4H3/t12-,13?/m0/s1. The van der Waals surface area contributed by atoms with E-state index in [0.29, 0.717) is 10.9 Å². The number of pyridine rings is 1. The van der Waals surface area contributed by atoms with Crippen LogP contribution in [0.25, 0.3) is 0 Å². The van der Waals surface area contributed by atoms with Crippen LogP contribution in [0.4, 0.5) is 0 Å². The van der Waals surface area contributed by atoms with Crippen LogP contribution in [0.1, 0.15) is 39.7 Å². The lowest BCUT2D eigenvalue weighted by Gasteiger charge is -2.35. The van der Waals surface area contributed by atoms with Gasteiger partial charge in [0.25, 0.3) is 0 Å². The van der Waals surface area contributed by atoms with E-state index in [1.165, 1.54) is 6.20 Å². The van der Waals surface area contributed by atoms with Crippen LogP contribution in [-0.2, 0) is 16.0 Å². The Balaban J connectivity index is 2.14. The molecule has 0 aromatic carbocycles. The summed E-state index contributed by atoms with van der Waals surface area (Å²) in [4.78, 5) is 16.5. The van der Waals surface area contributed by atoms with Crippen LogP contribution in [0.2, 0.25) is 5.15 Å². The molecule has 122 valence electrons. The Labute approximate surface area is 136 Å². The highest BCUT2D eigenvalue weighted by Crippen LogP contribution is 2.23. The maximum Gasteiger partial charge on any atom is 0.349 e. The van der Waals surface area contributed by atoms with Crippen LogP contribution in [0.5, 0.6) is 5.75 Å². The van der Waals surface area contributed by atoms with E-state index in [9.17, 15) is 4.79 Å². The molecule has 1 unspecified atom stereocenters. The summed E-state index contributed by atoms with van der Waals surface area (Å²) >= 11 is 6.01. The number of carbonyl (C=O) groups excluding carboxylic acids is 1. The smallest absolute Gasteiger partial charge is 0.349 e. The molecule has 0 amide bonds. The zero-order valence-electron chi connectivity index (χ0n) is 13.5. The van der Waals surface area contributed by atoms with E-state index in [4.69, 9.17) is 21.1 Å². The monoisotopic (exact) mass is 326 g/mol. The number of hydrogen-bond donors (Lipinski definition) is 1. The molecule has 1 fully saturated rings. The molecule has 2 atom stereocenters. The van der Waals surface area contributed by atoms with Crippen LogP contribution in [-0.4, -0.2) is 35.2 Å². The largest absolute Gasteiger partial charge is 0.475 e. The van der Waals surface area contributed by atoms with Crippen LogP contribution < -0.4 is 10.1 Å². The van der Waals surface area contributed by atoms with Crippen molar-refractivity contribution in [3.8, 4) is 5.75 Å². The fourth-order valence-corrected chi connectivity index (χ4v) is 2.39. The molecule has 0 bridgehead atoms. The maximum absolute atomic E-state index is 12.4. The maximum atomic E-state index is 12.4. The van der Waals surface area contributed by atoms with Crippen molar-refractivity contribution in [2.45, 2.75) is 58.3 Å². The van der Waals surface area contributed by atoms with Gasteiger partial charge in [0.05, 0.1) is 12.2 Å². The van der Waals surface area contributed by atoms with Gasteiger partial charge < -0.3 is 14.8 Å². The average molecular weight is 327 g/mol. The molecule has 2 rings (SSSR count). The minimum absolute atomic E-state index is 0.0318. The molecule has 0 aliphatic carbocycles. The third-order valence-corrected chi connectivity index (χ3v) is 3.74. The summed E-state index contributed by atoms with van der Waals surface area (Å²) < 4.78 is 11.3. The Morgan fingerprint density at radius 3 is 2.73 bits per heavy atom. The molecule has 1 aromatic heterocycles. The number of esters is 1. The molecule has 2 heterocycles. The summed E-state index contributed by atoms with van der Waals surface area (Å²) in [5.74, 6) is 0.170. The number of nitrogens with one attached hydrogen (secondary N) is 1. The lowest BCUT2D eigenvalue weighted by molar-refractivity contribution is -0.165. The van der Waals surface area contributed by atoms with E-state index in [-0.39, 0.29) is 12.0 Å². The number of ether oxygens (including phenoxy) is 2. The molecule has 1 saturated heterocycles. The van der Waals surface area contributed by atoms with Gasteiger partial charge in [-0.3, -0.25) is 0 Å². The van der Waals surface area contributed by atoms with Gasteiger partial charge in [-0.1, -0.05) is 18.5 Å². The summed E-state index contributed by atoms with van der Waals surface area (Å²) in [6, 6.07) is 1.79. The lowest BCUT2D eigenvalue weighted by Crippen LogP contribution is -2.57. The van der Waals surface area contributed by atoms with Crippen LogP contribution in [0.3, 0.4) is 0 Å². The normalized spacial score (nSPS) is 19.2. The fraction of sp³-hybridized carbons (Fsp3) is 0.625. The number of halogens is 1. The first-order valence-corrected chi connectivity index (χ1v) is 7.95. The van der Waals surface area contributed by atoms with Crippen LogP contribution in [0.15, 0.2) is 12.3 Å². The summed E-state index contributed by atoms with van der Waals surface area (Å²) in [5.41, 5.74) is 0.346. The van der Waals surface area contributed by atoms with Crippen molar-refractivity contribution in [3.63, 3.8) is 0 Å². The van der Waals surface area contributed by atoms with Crippen molar-refractivity contribution in [3.05, 3.63) is 23.0 Å². The van der Waals surface area contributed by atoms with Crippen molar-refractivity contribution in [2.24, 2.45) is 0 Å². The van der Waals surface area contributed by atoms with Gasteiger partial charge in [0, 0.05) is 0 Å². The van der Waals surface area contributed by atoms with E-state index >= 15 is 0 Å². The highest BCUT2D eigenvalue weighted by Gasteiger charge is 2.37. The third-order valence-electron chi connectivity index (χ3n) is 3.40. The van der Waals surface area contributed by atoms with E-state index in [2.05, 4.69) is 10.3 Å². The summed E-state index contributed by atoms with van der Waals surface area (Å²) in [6.45, 7) is 8.40. The highest BCUT2D eigenvalue weighted by atomic mass is 35.5. The molecule has 1 aliphatic heterocycles. The van der Waals surface area contributed by atoms with Gasteiger partial charge in [-0.05, 0) is 51.8 Å². The summed E-state index contributed by atoms with van der Waals surface area (Å²) in [5, 5.41) is 3.66. The van der Waals surface area contributed by atoms with Gasteiger partial charge in [-0.2, -0.15) is 0 Å². The second-order valence-electron chi connectivity index (χ2n) is 6.40. The quantitative estimate of drug-likeness (QED) is 0.666. The predicted molar refractivity (Wildman–Crippen MR) is 85.3 cm³/mol. The van der Waals surface area contributed by atoms with Gasteiger partial charge in [0.2, 0.25) is 6.10 Å². The fourth-order valence-electron chi connectivity index (χ4n) is 2.15. The topological polar surface area (TPSA) is 60.5 Å². The van der Waals surface area contributed by atoms with E-state index in [1.807, 2.05) is 33.8 Å². The molecule has 6 heteroatoms. The van der Waals surface area contributed by atoms with E-state index in [0.717, 1.165) is 24.9 Å². The van der Waals surface area contributed by atoms with Gasteiger partial charge in [-0.25, -0.2) is 9.78 Å². The van der Waals surface area contributed by atoms with Crippen molar-refractivity contribution in [2.75, 3.05) is 6.54 Å². The zero-order valence-corrected chi connectivity index (χ0v) is 14.2. The molecular formula is C16H23ClN2O3. The zero-order chi connectivity index (χ0) is 16.3. The highest BCUT2D eigenvalue weighted by molar-refractivity contribution is 6.30. The molecule has 22 heavy (non-hydrogen) atoms. The third kappa shape index (κ3) is 4.34. The first-order chi connectivity index (χ1) is 10.3. The lowest BCUT2D eigenvalue weighted by atomic mass is 10.0. The molecule has 0 spiro atoms. The Morgan fingerprint density at radius 2 is 2.23 bits per heavy atom. The van der Waals surface area contributed by atoms with Gasteiger partial charge in [0.1, 0.15) is 16.5 Å². The molecule has 1 aromatic rings. The number of hydrogen-bond acceptors (Lipinski definition) is 5. The number of nitrogens with zero attached hydrogens (tertiary/aromatic N) is 1. The second-order valence-corrected chi connectivity index (χ2v) is 6.75.